The molecule has 0 amide bonds. The molecule has 14 heavy (non-hydrogen) atoms. The lowest BCUT2D eigenvalue weighted by molar-refractivity contribution is 0.594. The summed E-state index contributed by atoms with van der Waals surface area (Å²) in [6.07, 6.45) is 0. The molecule has 2 rings (SSSR count). The zero-order chi connectivity index (χ0) is 10.3. The maximum atomic E-state index is 3.40. The molecule has 2 heteroatoms. The molecule has 0 aliphatic carbocycles. The first-order valence-electron chi connectivity index (χ1n) is 5.08. The number of hydrogen-bond acceptors (Lipinski definition) is 2. The van der Waals surface area contributed by atoms with E-state index in [2.05, 4.69) is 45.3 Å². The van der Waals surface area contributed by atoms with Gasteiger partial charge in [0.15, 0.2) is 0 Å². The molecule has 1 aromatic rings. The summed E-state index contributed by atoms with van der Waals surface area (Å²) in [5.74, 6) is 0. The summed E-state index contributed by atoms with van der Waals surface area (Å²) in [6, 6.07) is 5.12. The Bertz CT molecular complexity index is 360. The number of fused-ring (bicyclic) bond motifs is 1. The molecule has 1 aliphatic rings. The van der Waals surface area contributed by atoms with Gasteiger partial charge < -0.3 is 5.32 Å². The second kappa shape index (κ2) is 3.59. The van der Waals surface area contributed by atoms with E-state index in [0.717, 1.165) is 0 Å². The van der Waals surface area contributed by atoms with Crippen LogP contribution in [0.5, 0.6) is 0 Å². The van der Waals surface area contributed by atoms with E-state index in [1.807, 2.05) is 11.8 Å². The molecule has 0 saturated carbocycles. The largest absolute Gasteiger partial charge is 0.312 e. The molecule has 0 bridgehead atoms. The van der Waals surface area contributed by atoms with Gasteiger partial charge in [-0.25, -0.2) is 0 Å². The van der Waals surface area contributed by atoms with Crippen molar-refractivity contribution in [1.29, 1.82) is 0 Å². The Morgan fingerprint density at radius 3 is 2.64 bits per heavy atom. The monoisotopic (exact) mass is 207 g/mol. The molecule has 0 radical (unpaired) electrons. The van der Waals surface area contributed by atoms with E-state index < -0.39 is 0 Å². The van der Waals surface area contributed by atoms with Crippen LogP contribution < -0.4 is 5.32 Å². The normalized spacial score (nSPS) is 25.1. The highest BCUT2D eigenvalue weighted by Crippen LogP contribution is 2.45. The Hall–Kier alpha value is -0.470. The fourth-order valence-corrected chi connectivity index (χ4v) is 3.63. The molecule has 0 spiro atoms. The lowest BCUT2D eigenvalue weighted by atomic mass is 10.00. The van der Waals surface area contributed by atoms with Crippen molar-refractivity contribution >= 4 is 11.8 Å². The molecule has 1 heterocycles. The number of thioether (sulfide) groups is 1. The minimum Gasteiger partial charge on any atom is -0.312 e. The molecular weight excluding hydrogens is 190 g/mol. The third-order valence-electron chi connectivity index (χ3n) is 2.87. The Balaban J connectivity index is 2.53. The lowest BCUT2D eigenvalue weighted by Crippen LogP contribution is -2.21. The first kappa shape index (κ1) is 10.1. The molecule has 1 nitrogen and oxygen atoms in total. The molecule has 2 unspecified atom stereocenters. The molecule has 1 N–H and O–H groups in total. The van der Waals surface area contributed by atoms with E-state index in [1.165, 1.54) is 21.6 Å². The van der Waals surface area contributed by atoms with Gasteiger partial charge in [-0.05, 0) is 32.0 Å². The minimum absolute atomic E-state index is 0.522. The van der Waals surface area contributed by atoms with Gasteiger partial charge in [0, 0.05) is 16.2 Å². The zero-order valence-corrected chi connectivity index (χ0v) is 10.0. The maximum Gasteiger partial charge on any atom is 0.0450 e. The van der Waals surface area contributed by atoms with Crippen LogP contribution >= 0.6 is 11.8 Å². The fraction of sp³-hybridized carbons (Fsp3) is 0.500. The van der Waals surface area contributed by atoms with Crippen molar-refractivity contribution < 1.29 is 0 Å². The van der Waals surface area contributed by atoms with Crippen molar-refractivity contribution in [3.63, 3.8) is 0 Å². The molecule has 76 valence electrons. The van der Waals surface area contributed by atoms with Gasteiger partial charge in [0.25, 0.3) is 0 Å². The molecule has 0 fully saturated rings. The third kappa shape index (κ3) is 1.47. The number of hydrogen-bond donors (Lipinski definition) is 1. The SMILES string of the molecule is CNC1c2cc(C)cc(C)c2SC1C. The van der Waals surface area contributed by atoms with Gasteiger partial charge in [0.2, 0.25) is 0 Å². The van der Waals surface area contributed by atoms with E-state index in [-0.39, 0.29) is 0 Å². The zero-order valence-electron chi connectivity index (χ0n) is 9.22. The molecule has 0 saturated heterocycles. The standard InChI is InChI=1S/C12H17NS/c1-7-5-8(2)12-10(6-7)11(13-4)9(3)14-12/h5-6,9,11,13H,1-4H3. The van der Waals surface area contributed by atoms with Crippen LogP contribution in [-0.4, -0.2) is 12.3 Å². The molecule has 0 aromatic heterocycles. The van der Waals surface area contributed by atoms with E-state index in [0.29, 0.717) is 11.3 Å². The Kier molecular flexibility index (Phi) is 2.58. The number of aryl methyl sites for hydroxylation is 2. The average Bonchev–Trinajstić information content (AvgIpc) is 2.41. The van der Waals surface area contributed by atoms with Crippen LogP contribution in [0.4, 0.5) is 0 Å². The molecule has 2 atom stereocenters. The van der Waals surface area contributed by atoms with Gasteiger partial charge in [-0.2, -0.15) is 0 Å². The van der Waals surface area contributed by atoms with Gasteiger partial charge in [0.1, 0.15) is 0 Å². The van der Waals surface area contributed by atoms with Gasteiger partial charge >= 0.3 is 0 Å². The van der Waals surface area contributed by atoms with Crippen LogP contribution in [0.25, 0.3) is 0 Å². The number of nitrogens with one attached hydrogen (secondary N) is 1. The first-order valence-corrected chi connectivity index (χ1v) is 5.96. The smallest absolute Gasteiger partial charge is 0.0450 e. The summed E-state index contributed by atoms with van der Waals surface area (Å²) in [6.45, 7) is 6.68. The van der Waals surface area contributed by atoms with Crippen LogP contribution in [0.3, 0.4) is 0 Å². The van der Waals surface area contributed by atoms with Crippen LogP contribution in [0.15, 0.2) is 17.0 Å². The highest BCUT2D eigenvalue weighted by atomic mass is 32.2. The number of benzene rings is 1. The van der Waals surface area contributed by atoms with Crippen molar-refractivity contribution in [1.82, 2.24) is 5.32 Å². The van der Waals surface area contributed by atoms with E-state index >= 15 is 0 Å². The Labute approximate surface area is 90.3 Å². The average molecular weight is 207 g/mol. The second-order valence-electron chi connectivity index (χ2n) is 4.09. The molecular formula is C12H17NS. The van der Waals surface area contributed by atoms with Crippen molar-refractivity contribution in [2.45, 2.75) is 37.0 Å². The highest BCUT2D eigenvalue weighted by Gasteiger charge is 2.29. The van der Waals surface area contributed by atoms with Crippen molar-refractivity contribution in [2.24, 2.45) is 0 Å². The number of rotatable bonds is 1. The third-order valence-corrected chi connectivity index (χ3v) is 4.30. The summed E-state index contributed by atoms with van der Waals surface area (Å²) in [7, 11) is 2.05. The maximum absolute atomic E-state index is 3.40. The van der Waals surface area contributed by atoms with E-state index in [9.17, 15) is 0 Å². The topological polar surface area (TPSA) is 12.0 Å². The van der Waals surface area contributed by atoms with Crippen LogP contribution in [0, 0.1) is 13.8 Å². The summed E-state index contributed by atoms with van der Waals surface area (Å²) >= 11 is 2.00. The summed E-state index contributed by atoms with van der Waals surface area (Å²) in [5, 5.41) is 4.05. The van der Waals surface area contributed by atoms with Gasteiger partial charge in [-0.15, -0.1) is 11.8 Å². The van der Waals surface area contributed by atoms with Crippen molar-refractivity contribution in [3.05, 3.63) is 28.8 Å². The Morgan fingerprint density at radius 2 is 2.00 bits per heavy atom. The fourth-order valence-electron chi connectivity index (χ4n) is 2.28. The summed E-state index contributed by atoms with van der Waals surface area (Å²) in [5.41, 5.74) is 4.29. The Morgan fingerprint density at radius 1 is 1.29 bits per heavy atom. The van der Waals surface area contributed by atoms with Crippen LogP contribution in [-0.2, 0) is 0 Å². The van der Waals surface area contributed by atoms with E-state index in [4.69, 9.17) is 0 Å². The van der Waals surface area contributed by atoms with Gasteiger partial charge in [-0.3, -0.25) is 0 Å². The molecule has 1 aliphatic heterocycles. The minimum atomic E-state index is 0.522. The summed E-state index contributed by atoms with van der Waals surface area (Å²) < 4.78 is 0. The predicted octanol–water partition coefficient (Wildman–Crippen LogP) is 3.06. The second-order valence-corrected chi connectivity index (χ2v) is 5.48. The summed E-state index contributed by atoms with van der Waals surface area (Å²) in [4.78, 5) is 1.49. The van der Waals surface area contributed by atoms with Crippen LogP contribution in [0.2, 0.25) is 0 Å². The lowest BCUT2D eigenvalue weighted by Gasteiger charge is -2.14. The van der Waals surface area contributed by atoms with Gasteiger partial charge in [-0.1, -0.05) is 24.6 Å². The van der Waals surface area contributed by atoms with Crippen molar-refractivity contribution in [2.75, 3.05) is 7.05 Å². The van der Waals surface area contributed by atoms with Crippen molar-refractivity contribution in [3.8, 4) is 0 Å². The predicted molar refractivity (Wildman–Crippen MR) is 63.0 cm³/mol. The van der Waals surface area contributed by atoms with Crippen LogP contribution in [0.1, 0.15) is 29.7 Å². The highest BCUT2D eigenvalue weighted by molar-refractivity contribution is 8.00. The quantitative estimate of drug-likeness (QED) is 0.759. The molecule has 1 aromatic carbocycles. The van der Waals surface area contributed by atoms with E-state index in [1.54, 1.807) is 0 Å². The van der Waals surface area contributed by atoms with Gasteiger partial charge in [0.05, 0.1) is 0 Å². The first-order chi connectivity index (χ1) is 6.63.